The number of ether oxygens (including phenoxy) is 2. The predicted octanol–water partition coefficient (Wildman–Crippen LogP) is 2.13. The van der Waals surface area contributed by atoms with E-state index < -0.39 is 36.6 Å². The summed E-state index contributed by atoms with van der Waals surface area (Å²) in [5.74, 6) is 0.603. The van der Waals surface area contributed by atoms with E-state index in [9.17, 15) is 25.2 Å². The zero-order valence-corrected chi connectivity index (χ0v) is 17.7. The van der Waals surface area contributed by atoms with Gasteiger partial charge in [-0.15, -0.1) is 0 Å². The summed E-state index contributed by atoms with van der Waals surface area (Å²) < 4.78 is 11.1. The molecule has 4 N–H and O–H groups in total. The maximum atomic E-state index is 13.0. The second-order valence-electron chi connectivity index (χ2n) is 8.45. The standard InChI is InChI=1S/C26H24O7/c27-14-22-23(30)24(31)25(33-22)32-18-11-7-16(8-12-18)26(15-5-9-17(28)10-6-15)13-21(29)19-3-1-2-4-20(19)26/h1-12,22-25,27-28,30-31H,13-14H2/t22-,23-,24-,25-,26?/m1/s1. The number of hydrogen-bond donors (Lipinski definition) is 4. The molecule has 1 saturated heterocycles. The minimum Gasteiger partial charge on any atom is -0.508 e. The molecule has 0 spiro atoms. The molecule has 0 amide bonds. The van der Waals surface area contributed by atoms with Gasteiger partial charge in [0.2, 0.25) is 6.29 Å². The second kappa shape index (κ2) is 8.28. The molecule has 170 valence electrons. The topological polar surface area (TPSA) is 116 Å². The van der Waals surface area contributed by atoms with Gasteiger partial charge in [0.15, 0.2) is 5.78 Å². The van der Waals surface area contributed by atoms with Crippen LogP contribution in [0.5, 0.6) is 11.5 Å². The van der Waals surface area contributed by atoms with Crippen LogP contribution in [0.15, 0.2) is 72.8 Å². The average molecular weight is 448 g/mol. The molecule has 33 heavy (non-hydrogen) atoms. The molecule has 5 atom stereocenters. The summed E-state index contributed by atoms with van der Waals surface area (Å²) in [5.41, 5.74) is 2.62. The summed E-state index contributed by atoms with van der Waals surface area (Å²) in [5, 5.41) is 39.1. The van der Waals surface area contributed by atoms with Crippen LogP contribution >= 0.6 is 0 Å². The number of fused-ring (bicyclic) bond motifs is 1. The van der Waals surface area contributed by atoms with Crippen molar-refractivity contribution in [2.24, 2.45) is 0 Å². The summed E-state index contributed by atoms with van der Waals surface area (Å²) in [4.78, 5) is 13.0. The lowest BCUT2D eigenvalue weighted by Crippen LogP contribution is -2.35. The number of aromatic hydroxyl groups is 1. The first kappa shape index (κ1) is 21.6. The van der Waals surface area contributed by atoms with E-state index in [-0.39, 0.29) is 18.0 Å². The number of hydrogen-bond acceptors (Lipinski definition) is 7. The van der Waals surface area contributed by atoms with E-state index in [4.69, 9.17) is 9.47 Å². The molecular weight excluding hydrogens is 424 g/mol. The van der Waals surface area contributed by atoms with Crippen molar-refractivity contribution in [3.05, 3.63) is 95.1 Å². The Labute approximate surface area is 190 Å². The molecule has 0 bridgehead atoms. The van der Waals surface area contributed by atoms with Crippen LogP contribution in [-0.2, 0) is 10.2 Å². The molecule has 1 aliphatic heterocycles. The molecule has 1 aliphatic carbocycles. The van der Waals surface area contributed by atoms with E-state index >= 15 is 0 Å². The molecule has 7 heteroatoms. The van der Waals surface area contributed by atoms with Crippen LogP contribution in [-0.4, -0.2) is 57.4 Å². The lowest BCUT2D eigenvalue weighted by molar-refractivity contribution is -0.116. The molecule has 2 aliphatic rings. The van der Waals surface area contributed by atoms with Crippen molar-refractivity contribution >= 4 is 5.78 Å². The van der Waals surface area contributed by atoms with E-state index in [1.807, 2.05) is 48.5 Å². The van der Waals surface area contributed by atoms with E-state index in [0.29, 0.717) is 11.3 Å². The van der Waals surface area contributed by atoms with Crippen LogP contribution in [0.4, 0.5) is 0 Å². The van der Waals surface area contributed by atoms with Gasteiger partial charge in [0.05, 0.1) is 12.0 Å². The lowest BCUT2D eigenvalue weighted by Gasteiger charge is -2.31. The van der Waals surface area contributed by atoms with Gasteiger partial charge in [-0.05, 0) is 41.0 Å². The van der Waals surface area contributed by atoms with Crippen molar-refractivity contribution in [3.63, 3.8) is 0 Å². The molecule has 3 aromatic carbocycles. The Morgan fingerprint density at radius 2 is 1.55 bits per heavy atom. The number of benzene rings is 3. The number of aliphatic hydroxyl groups is 3. The highest BCUT2D eigenvalue weighted by Crippen LogP contribution is 2.49. The molecule has 1 heterocycles. The van der Waals surface area contributed by atoms with Gasteiger partial charge in [-0.1, -0.05) is 48.5 Å². The van der Waals surface area contributed by atoms with Gasteiger partial charge in [0.1, 0.15) is 29.8 Å². The van der Waals surface area contributed by atoms with Gasteiger partial charge >= 0.3 is 0 Å². The monoisotopic (exact) mass is 448 g/mol. The lowest BCUT2D eigenvalue weighted by atomic mass is 9.70. The highest BCUT2D eigenvalue weighted by molar-refractivity contribution is 6.04. The molecule has 5 rings (SSSR count). The number of rotatable bonds is 5. The van der Waals surface area contributed by atoms with Gasteiger partial charge in [-0.2, -0.15) is 0 Å². The number of phenolic OH excluding ortho intramolecular Hbond substituents is 1. The summed E-state index contributed by atoms with van der Waals surface area (Å²) in [6.07, 6.45) is -4.29. The molecule has 0 aromatic heterocycles. The zero-order chi connectivity index (χ0) is 23.2. The number of carbonyl (C=O) groups excluding carboxylic acids is 1. The highest BCUT2D eigenvalue weighted by Gasteiger charge is 2.46. The van der Waals surface area contributed by atoms with Crippen molar-refractivity contribution in [3.8, 4) is 11.5 Å². The third kappa shape index (κ3) is 3.50. The number of Topliss-reactive ketones (excluding diaryl/α,β-unsaturated/α-hetero) is 1. The zero-order valence-electron chi connectivity index (χ0n) is 17.7. The van der Waals surface area contributed by atoms with Crippen molar-refractivity contribution in [2.45, 2.75) is 36.4 Å². The first-order chi connectivity index (χ1) is 15.9. The van der Waals surface area contributed by atoms with Crippen LogP contribution in [0.2, 0.25) is 0 Å². The van der Waals surface area contributed by atoms with Crippen LogP contribution in [0, 0.1) is 0 Å². The molecule has 0 saturated carbocycles. The highest BCUT2D eigenvalue weighted by atomic mass is 16.7. The fourth-order valence-corrected chi connectivity index (χ4v) is 4.87. The predicted molar refractivity (Wildman–Crippen MR) is 118 cm³/mol. The van der Waals surface area contributed by atoms with E-state index in [1.165, 1.54) is 0 Å². The van der Waals surface area contributed by atoms with Gasteiger partial charge in [-0.3, -0.25) is 4.79 Å². The van der Waals surface area contributed by atoms with Crippen LogP contribution in [0.1, 0.15) is 33.5 Å². The maximum Gasteiger partial charge on any atom is 0.229 e. The minimum absolute atomic E-state index is 0.0468. The second-order valence-corrected chi connectivity index (χ2v) is 8.45. The third-order valence-electron chi connectivity index (χ3n) is 6.57. The normalized spacial score (nSPS) is 28.6. The Hall–Kier alpha value is -3.23. The smallest absolute Gasteiger partial charge is 0.229 e. The van der Waals surface area contributed by atoms with Crippen molar-refractivity contribution in [2.75, 3.05) is 6.61 Å². The van der Waals surface area contributed by atoms with Gasteiger partial charge in [0.25, 0.3) is 0 Å². The van der Waals surface area contributed by atoms with E-state index in [2.05, 4.69) is 0 Å². The first-order valence-corrected chi connectivity index (χ1v) is 10.8. The Balaban J connectivity index is 1.52. The largest absolute Gasteiger partial charge is 0.508 e. The third-order valence-corrected chi connectivity index (χ3v) is 6.57. The van der Waals surface area contributed by atoms with Crippen molar-refractivity contribution < 1.29 is 34.7 Å². The van der Waals surface area contributed by atoms with E-state index in [1.54, 1.807) is 24.3 Å². The fourth-order valence-electron chi connectivity index (χ4n) is 4.87. The molecular formula is C26H24O7. The van der Waals surface area contributed by atoms with E-state index in [0.717, 1.165) is 16.7 Å². The van der Waals surface area contributed by atoms with Crippen LogP contribution < -0.4 is 4.74 Å². The molecule has 7 nitrogen and oxygen atoms in total. The summed E-state index contributed by atoms with van der Waals surface area (Å²) in [6, 6.07) is 21.6. The number of phenols is 1. The fraction of sp³-hybridized carbons (Fsp3) is 0.269. The van der Waals surface area contributed by atoms with Gasteiger partial charge in [0, 0.05) is 12.0 Å². The Kier molecular flexibility index (Phi) is 5.42. The minimum atomic E-state index is -1.29. The summed E-state index contributed by atoms with van der Waals surface area (Å²) in [7, 11) is 0. The van der Waals surface area contributed by atoms with Gasteiger partial charge < -0.3 is 29.9 Å². The SMILES string of the molecule is O=C1CC(c2ccc(O)cc2)(c2ccc(O[C@@H]3O[C@H](CO)[C@@H](O)[C@H]3O)cc2)c2ccccc21. The van der Waals surface area contributed by atoms with Gasteiger partial charge in [-0.25, -0.2) is 0 Å². The summed E-state index contributed by atoms with van der Waals surface area (Å²) in [6.45, 7) is -0.431. The number of carbonyl (C=O) groups is 1. The van der Waals surface area contributed by atoms with Crippen molar-refractivity contribution in [1.29, 1.82) is 0 Å². The Bertz CT molecular complexity index is 1160. The number of aliphatic hydroxyl groups excluding tert-OH is 3. The quantitative estimate of drug-likeness (QED) is 0.473. The summed E-state index contributed by atoms with van der Waals surface area (Å²) >= 11 is 0. The number of ketones is 1. The van der Waals surface area contributed by atoms with Crippen molar-refractivity contribution in [1.82, 2.24) is 0 Å². The maximum absolute atomic E-state index is 13.0. The molecule has 0 radical (unpaired) electrons. The molecule has 1 unspecified atom stereocenters. The Morgan fingerprint density at radius 1 is 0.909 bits per heavy atom. The molecule has 3 aromatic rings. The van der Waals surface area contributed by atoms with Crippen LogP contribution in [0.3, 0.4) is 0 Å². The van der Waals surface area contributed by atoms with Crippen LogP contribution in [0.25, 0.3) is 0 Å². The first-order valence-electron chi connectivity index (χ1n) is 10.8. The molecule has 1 fully saturated rings. The average Bonchev–Trinajstić information content (AvgIpc) is 3.29. The Morgan fingerprint density at radius 3 is 2.18 bits per heavy atom.